The fourth-order valence-electron chi connectivity index (χ4n) is 2.03. The summed E-state index contributed by atoms with van der Waals surface area (Å²) in [6.45, 7) is 0. The molecule has 20 heavy (non-hydrogen) atoms. The number of fused-ring (bicyclic) bond motifs is 1. The molecule has 0 aliphatic rings. The van der Waals surface area contributed by atoms with E-state index in [4.69, 9.17) is 4.42 Å². The summed E-state index contributed by atoms with van der Waals surface area (Å²) in [7, 11) is 0. The summed E-state index contributed by atoms with van der Waals surface area (Å²) in [6, 6.07) is 12.6. The van der Waals surface area contributed by atoms with E-state index in [-0.39, 0.29) is 10.6 Å². The van der Waals surface area contributed by atoms with Crippen molar-refractivity contribution < 1.29 is 8.81 Å². The average molecular weight is 399 g/mol. The summed E-state index contributed by atoms with van der Waals surface area (Å²) in [5.74, 6) is 0.341. The van der Waals surface area contributed by atoms with Gasteiger partial charge in [-0.15, -0.1) is 0 Å². The Balaban J connectivity index is 1.86. The molecule has 3 rings (SSSR count). The van der Waals surface area contributed by atoms with E-state index in [1.165, 1.54) is 6.07 Å². The van der Waals surface area contributed by atoms with E-state index in [2.05, 4.69) is 36.8 Å². The van der Waals surface area contributed by atoms with Crippen LogP contribution in [0.1, 0.15) is 16.3 Å². The van der Waals surface area contributed by atoms with Crippen LogP contribution in [0.4, 0.5) is 4.39 Å². The summed E-state index contributed by atoms with van der Waals surface area (Å²) < 4.78 is 20.3. The molecule has 102 valence electrons. The lowest BCUT2D eigenvalue weighted by molar-refractivity contribution is 0.522. The highest BCUT2D eigenvalue weighted by atomic mass is 79.9. The fraction of sp³-hybridized carbons (Fsp3) is 0.133. The maximum Gasteiger partial charge on any atom is 0.196 e. The average Bonchev–Trinajstić information content (AvgIpc) is 2.80. The molecular formula is C15H10Br2FNO. The minimum atomic E-state index is -0.252. The van der Waals surface area contributed by atoms with Crippen molar-refractivity contribution in [2.45, 2.75) is 11.2 Å². The minimum Gasteiger partial charge on any atom is -0.441 e. The van der Waals surface area contributed by atoms with Gasteiger partial charge in [0.15, 0.2) is 11.5 Å². The van der Waals surface area contributed by atoms with Crippen LogP contribution >= 0.6 is 31.9 Å². The number of para-hydroxylation sites is 2. The lowest BCUT2D eigenvalue weighted by Gasteiger charge is -2.09. The quantitative estimate of drug-likeness (QED) is 0.551. The van der Waals surface area contributed by atoms with Crippen LogP contribution < -0.4 is 0 Å². The molecule has 5 heteroatoms. The van der Waals surface area contributed by atoms with Gasteiger partial charge in [-0.3, -0.25) is 0 Å². The van der Waals surface area contributed by atoms with Crippen LogP contribution in [-0.4, -0.2) is 4.98 Å². The van der Waals surface area contributed by atoms with Crippen LogP contribution in [-0.2, 0) is 6.42 Å². The molecule has 0 N–H and O–H groups in total. The van der Waals surface area contributed by atoms with Gasteiger partial charge >= 0.3 is 0 Å². The third-order valence-corrected chi connectivity index (χ3v) is 4.30. The van der Waals surface area contributed by atoms with Crippen LogP contribution in [0.25, 0.3) is 11.1 Å². The lowest BCUT2D eigenvalue weighted by Crippen LogP contribution is -1.98. The molecule has 0 aliphatic heterocycles. The van der Waals surface area contributed by atoms with E-state index in [0.717, 1.165) is 15.6 Å². The van der Waals surface area contributed by atoms with Crippen molar-refractivity contribution in [1.29, 1.82) is 0 Å². The maximum atomic E-state index is 13.9. The Morgan fingerprint density at radius 1 is 1.20 bits per heavy atom. The molecule has 0 amide bonds. The molecule has 0 fully saturated rings. The molecule has 0 aliphatic carbocycles. The molecule has 1 unspecified atom stereocenters. The Kier molecular flexibility index (Phi) is 3.89. The molecule has 0 bridgehead atoms. The van der Waals surface area contributed by atoms with Gasteiger partial charge in [0.25, 0.3) is 0 Å². The first-order valence-corrected chi connectivity index (χ1v) is 7.78. The Morgan fingerprint density at radius 2 is 2.00 bits per heavy atom. The number of aromatic nitrogens is 1. The Morgan fingerprint density at radius 3 is 2.75 bits per heavy atom. The normalized spacial score (nSPS) is 12.8. The largest absolute Gasteiger partial charge is 0.441 e. The second kappa shape index (κ2) is 5.66. The highest BCUT2D eigenvalue weighted by Gasteiger charge is 2.16. The Labute approximate surface area is 132 Å². The van der Waals surface area contributed by atoms with Gasteiger partial charge in [0, 0.05) is 16.5 Å². The molecule has 1 atom stereocenters. The number of benzene rings is 2. The van der Waals surface area contributed by atoms with Crippen LogP contribution in [0.15, 0.2) is 51.4 Å². The molecular weight excluding hydrogens is 389 g/mol. The molecule has 0 radical (unpaired) electrons. The van der Waals surface area contributed by atoms with Crippen molar-refractivity contribution >= 4 is 43.0 Å². The number of rotatable bonds is 3. The summed E-state index contributed by atoms with van der Waals surface area (Å²) in [6.07, 6.45) is 0.493. The van der Waals surface area contributed by atoms with Gasteiger partial charge in [0.1, 0.15) is 11.3 Å². The molecule has 1 heterocycles. The summed E-state index contributed by atoms with van der Waals surface area (Å²) in [5, 5.41) is 0. The van der Waals surface area contributed by atoms with E-state index in [1.807, 2.05) is 30.3 Å². The number of halogens is 3. The smallest absolute Gasteiger partial charge is 0.196 e. The number of hydrogen-bond acceptors (Lipinski definition) is 2. The molecule has 0 saturated heterocycles. The van der Waals surface area contributed by atoms with E-state index in [9.17, 15) is 4.39 Å². The van der Waals surface area contributed by atoms with Crippen molar-refractivity contribution in [3.05, 3.63) is 64.2 Å². The molecule has 1 aromatic heterocycles. The minimum absolute atomic E-state index is 0.177. The second-order valence-electron chi connectivity index (χ2n) is 4.41. The predicted molar refractivity (Wildman–Crippen MR) is 83.5 cm³/mol. The van der Waals surface area contributed by atoms with Crippen molar-refractivity contribution in [3.8, 4) is 0 Å². The van der Waals surface area contributed by atoms with Crippen LogP contribution in [0.2, 0.25) is 0 Å². The van der Waals surface area contributed by atoms with Crippen LogP contribution in [0, 0.1) is 5.82 Å². The monoisotopic (exact) mass is 397 g/mol. The third-order valence-electron chi connectivity index (χ3n) is 2.99. The number of oxazole rings is 1. The first-order chi connectivity index (χ1) is 9.63. The van der Waals surface area contributed by atoms with Gasteiger partial charge in [-0.1, -0.05) is 50.1 Å². The van der Waals surface area contributed by atoms with Crippen LogP contribution in [0.3, 0.4) is 0 Å². The SMILES string of the molecule is Fc1cc(Br)ccc1C(Br)Cc1nc2ccccc2o1. The topological polar surface area (TPSA) is 26.0 Å². The van der Waals surface area contributed by atoms with E-state index >= 15 is 0 Å². The van der Waals surface area contributed by atoms with Crippen molar-refractivity contribution in [2.75, 3.05) is 0 Å². The van der Waals surface area contributed by atoms with Crippen molar-refractivity contribution in [3.63, 3.8) is 0 Å². The number of nitrogens with zero attached hydrogens (tertiary/aromatic N) is 1. The zero-order valence-electron chi connectivity index (χ0n) is 10.3. The third kappa shape index (κ3) is 2.79. The summed E-state index contributed by atoms with van der Waals surface area (Å²) in [4.78, 5) is 4.22. The standard InChI is InChI=1S/C15H10Br2FNO/c16-9-5-6-10(12(18)7-9)11(17)8-15-19-13-3-1-2-4-14(13)20-15/h1-7,11H,8H2. The van der Waals surface area contributed by atoms with Gasteiger partial charge in [-0.05, 0) is 24.3 Å². The molecule has 3 aromatic rings. The van der Waals surface area contributed by atoms with E-state index in [0.29, 0.717) is 17.9 Å². The zero-order chi connectivity index (χ0) is 14.1. The second-order valence-corrected chi connectivity index (χ2v) is 6.43. The maximum absolute atomic E-state index is 13.9. The molecule has 2 nitrogen and oxygen atoms in total. The summed E-state index contributed by atoms with van der Waals surface area (Å²) in [5.41, 5.74) is 2.16. The van der Waals surface area contributed by atoms with Gasteiger partial charge in [-0.2, -0.15) is 0 Å². The summed E-state index contributed by atoms with van der Waals surface area (Å²) >= 11 is 6.75. The van der Waals surface area contributed by atoms with Gasteiger partial charge in [0.2, 0.25) is 0 Å². The van der Waals surface area contributed by atoms with Gasteiger partial charge < -0.3 is 4.42 Å². The number of alkyl halides is 1. The molecule has 0 saturated carbocycles. The van der Waals surface area contributed by atoms with Gasteiger partial charge in [0.05, 0.1) is 4.83 Å². The molecule has 0 spiro atoms. The predicted octanol–water partition coefficient (Wildman–Crippen LogP) is 5.41. The fourth-order valence-corrected chi connectivity index (χ4v) is 3.01. The lowest BCUT2D eigenvalue weighted by atomic mass is 10.1. The Bertz CT molecular complexity index is 723. The van der Waals surface area contributed by atoms with Crippen molar-refractivity contribution in [1.82, 2.24) is 4.98 Å². The van der Waals surface area contributed by atoms with Crippen molar-refractivity contribution in [2.24, 2.45) is 0 Å². The first-order valence-electron chi connectivity index (χ1n) is 6.07. The molecule has 2 aromatic carbocycles. The highest BCUT2D eigenvalue weighted by molar-refractivity contribution is 9.10. The Hall–Kier alpha value is -1.20. The first kappa shape index (κ1) is 13.8. The van der Waals surface area contributed by atoms with Crippen LogP contribution in [0.5, 0.6) is 0 Å². The van der Waals surface area contributed by atoms with E-state index in [1.54, 1.807) is 6.07 Å². The zero-order valence-corrected chi connectivity index (χ0v) is 13.5. The van der Waals surface area contributed by atoms with E-state index < -0.39 is 0 Å². The number of hydrogen-bond donors (Lipinski definition) is 0. The van der Waals surface area contributed by atoms with Gasteiger partial charge in [-0.25, -0.2) is 9.37 Å². The highest BCUT2D eigenvalue weighted by Crippen LogP contribution is 2.31.